The van der Waals surface area contributed by atoms with Crippen molar-refractivity contribution < 1.29 is 22.8 Å². The Kier molecular flexibility index (Phi) is 4.25. The summed E-state index contributed by atoms with van der Waals surface area (Å²) >= 11 is 6.17. The van der Waals surface area contributed by atoms with Gasteiger partial charge in [0, 0.05) is 24.3 Å². The maximum absolute atomic E-state index is 12.9. The van der Waals surface area contributed by atoms with Gasteiger partial charge in [-0.15, -0.1) is 0 Å². The smallest absolute Gasteiger partial charge is 0.329 e. The fraction of sp³-hybridized carbons (Fsp3) is 0.400. The van der Waals surface area contributed by atoms with E-state index in [-0.39, 0.29) is 19.4 Å². The van der Waals surface area contributed by atoms with Gasteiger partial charge in [0.05, 0.1) is 16.7 Å². The molecule has 24 heavy (non-hydrogen) atoms. The quantitative estimate of drug-likeness (QED) is 0.857. The molecule has 0 bridgehead atoms. The standard InChI is InChI=1S/C15H13ClF3N3O2/c16-12-4-9-3-8(1-2-23)14(24)22(7-15(17,18)19)6-11(9)10-5-20-21-13(10)12/h2,4-5,8H,1,3,6-7H2,(H,20,21). The minimum Gasteiger partial charge on any atom is -0.329 e. The van der Waals surface area contributed by atoms with Crippen molar-refractivity contribution in [1.82, 2.24) is 15.1 Å². The summed E-state index contributed by atoms with van der Waals surface area (Å²) < 4.78 is 38.6. The normalized spacial score (nSPS) is 18.6. The fourth-order valence-electron chi connectivity index (χ4n) is 3.08. The van der Waals surface area contributed by atoms with Crippen molar-refractivity contribution in [2.45, 2.75) is 25.6 Å². The fourth-order valence-corrected chi connectivity index (χ4v) is 3.36. The van der Waals surface area contributed by atoms with Crippen molar-refractivity contribution >= 4 is 34.7 Å². The highest BCUT2D eigenvalue weighted by Crippen LogP contribution is 2.34. The average Bonchev–Trinajstić information content (AvgIpc) is 2.93. The van der Waals surface area contributed by atoms with Gasteiger partial charge >= 0.3 is 6.18 Å². The van der Waals surface area contributed by atoms with Gasteiger partial charge in [-0.25, -0.2) is 0 Å². The van der Waals surface area contributed by atoms with Crippen LogP contribution in [0.25, 0.3) is 10.9 Å². The number of fused-ring (bicyclic) bond motifs is 3. The Morgan fingerprint density at radius 3 is 2.88 bits per heavy atom. The van der Waals surface area contributed by atoms with Crippen LogP contribution in [0.1, 0.15) is 17.5 Å². The number of alkyl halides is 3. The van der Waals surface area contributed by atoms with E-state index >= 15 is 0 Å². The molecule has 0 aliphatic carbocycles. The molecule has 1 atom stereocenters. The molecular weight excluding hydrogens is 347 g/mol. The number of carbonyl (C=O) groups excluding carboxylic acids is 2. The van der Waals surface area contributed by atoms with E-state index in [1.807, 2.05) is 0 Å². The number of amides is 1. The topological polar surface area (TPSA) is 66.1 Å². The zero-order chi connectivity index (χ0) is 17.5. The summed E-state index contributed by atoms with van der Waals surface area (Å²) in [7, 11) is 0. The maximum atomic E-state index is 12.9. The van der Waals surface area contributed by atoms with E-state index in [0.717, 1.165) is 4.90 Å². The molecule has 9 heteroatoms. The molecule has 0 saturated carbocycles. The van der Waals surface area contributed by atoms with Crippen molar-refractivity contribution in [3.8, 4) is 0 Å². The van der Waals surface area contributed by atoms with Crippen molar-refractivity contribution in [2.75, 3.05) is 6.54 Å². The van der Waals surface area contributed by atoms with E-state index in [1.165, 1.54) is 6.20 Å². The highest BCUT2D eigenvalue weighted by molar-refractivity contribution is 6.35. The summed E-state index contributed by atoms with van der Waals surface area (Å²) in [6, 6.07) is 1.62. The number of aromatic amines is 1. The second-order valence-corrected chi connectivity index (χ2v) is 6.17. The lowest BCUT2D eigenvalue weighted by Gasteiger charge is -2.25. The van der Waals surface area contributed by atoms with E-state index in [0.29, 0.717) is 33.3 Å². The Bertz CT molecular complexity index is 803. The summed E-state index contributed by atoms with van der Waals surface area (Å²) in [5.41, 5.74) is 1.76. The number of hydrogen-bond acceptors (Lipinski definition) is 3. The molecule has 0 saturated heterocycles. The first kappa shape index (κ1) is 16.8. The first-order valence-corrected chi connectivity index (χ1v) is 7.60. The van der Waals surface area contributed by atoms with Gasteiger partial charge in [0.25, 0.3) is 0 Å². The number of H-pyrrole nitrogens is 1. The number of halogens is 4. The van der Waals surface area contributed by atoms with Crippen LogP contribution < -0.4 is 0 Å². The number of rotatable bonds is 3. The zero-order valence-electron chi connectivity index (χ0n) is 12.4. The van der Waals surface area contributed by atoms with Gasteiger partial charge < -0.3 is 9.69 Å². The van der Waals surface area contributed by atoms with Gasteiger partial charge in [0.15, 0.2) is 0 Å². The van der Waals surface area contributed by atoms with E-state index in [4.69, 9.17) is 11.6 Å². The van der Waals surface area contributed by atoms with Gasteiger partial charge in [-0.2, -0.15) is 18.3 Å². The lowest BCUT2D eigenvalue weighted by Crippen LogP contribution is -2.41. The summed E-state index contributed by atoms with van der Waals surface area (Å²) in [6.45, 7) is -1.56. The van der Waals surface area contributed by atoms with E-state index in [2.05, 4.69) is 10.2 Å². The molecule has 0 spiro atoms. The van der Waals surface area contributed by atoms with Gasteiger partial charge in [0.2, 0.25) is 5.91 Å². The number of aromatic nitrogens is 2. The first-order valence-electron chi connectivity index (χ1n) is 7.22. The molecule has 1 aromatic heterocycles. The van der Waals surface area contributed by atoms with Crippen LogP contribution in [-0.4, -0.2) is 40.0 Å². The Hall–Kier alpha value is -2.09. The van der Waals surface area contributed by atoms with Crippen molar-refractivity contribution in [2.24, 2.45) is 5.92 Å². The van der Waals surface area contributed by atoms with Gasteiger partial charge in [-0.3, -0.25) is 9.89 Å². The third kappa shape index (κ3) is 3.10. The molecule has 2 aromatic rings. The Morgan fingerprint density at radius 1 is 1.46 bits per heavy atom. The van der Waals surface area contributed by atoms with Gasteiger partial charge in [-0.1, -0.05) is 11.6 Å². The lowest BCUT2D eigenvalue weighted by atomic mass is 9.93. The maximum Gasteiger partial charge on any atom is 0.406 e. The van der Waals surface area contributed by atoms with Crippen molar-refractivity contribution in [3.05, 3.63) is 28.4 Å². The lowest BCUT2D eigenvalue weighted by molar-refractivity contribution is -0.164. The highest BCUT2D eigenvalue weighted by atomic mass is 35.5. The first-order chi connectivity index (χ1) is 11.3. The summed E-state index contributed by atoms with van der Waals surface area (Å²) in [6.07, 6.45) is -2.45. The van der Waals surface area contributed by atoms with Crippen LogP contribution in [0, 0.1) is 5.92 Å². The summed E-state index contributed by atoms with van der Waals surface area (Å²) in [4.78, 5) is 24.0. The second-order valence-electron chi connectivity index (χ2n) is 5.77. The third-order valence-electron chi connectivity index (χ3n) is 4.12. The van der Waals surface area contributed by atoms with E-state index in [1.54, 1.807) is 6.07 Å². The van der Waals surface area contributed by atoms with E-state index in [9.17, 15) is 22.8 Å². The third-order valence-corrected chi connectivity index (χ3v) is 4.42. The van der Waals surface area contributed by atoms with Crippen molar-refractivity contribution in [1.29, 1.82) is 0 Å². The minimum atomic E-state index is -4.52. The number of aldehydes is 1. The second kappa shape index (κ2) is 6.08. The number of benzene rings is 1. The SMILES string of the molecule is O=CCC1Cc2cc(Cl)c3[nH]ncc3c2CN(CC(F)(F)F)C1=O. The number of nitrogens with zero attached hydrogens (tertiary/aromatic N) is 2. The molecule has 1 amide bonds. The number of carbonyl (C=O) groups is 2. The largest absolute Gasteiger partial charge is 0.406 e. The highest BCUT2D eigenvalue weighted by Gasteiger charge is 2.38. The van der Waals surface area contributed by atoms with Crippen LogP contribution in [0.3, 0.4) is 0 Å². The van der Waals surface area contributed by atoms with Gasteiger partial charge in [0.1, 0.15) is 12.8 Å². The predicted molar refractivity (Wildman–Crippen MR) is 80.5 cm³/mol. The van der Waals surface area contributed by atoms with Crippen LogP contribution in [0.2, 0.25) is 5.02 Å². The van der Waals surface area contributed by atoms with Crippen LogP contribution >= 0.6 is 11.6 Å². The van der Waals surface area contributed by atoms with Crippen molar-refractivity contribution in [3.63, 3.8) is 0 Å². The van der Waals surface area contributed by atoms with Crippen LogP contribution in [0.5, 0.6) is 0 Å². The average molecular weight is 360 g/mol. The minimum absolute atomic E-state index is 0.131. The summed E-state index contributed by atoms with van der Waals surface area (Å²) in [5, 5.41) is 7.55. The Balaban J connectivity index is 2.11. The molecule has 0 fully saturated rings. The molecule has 1 N–H and O–H groups in total. The molecular formula is C15H13ClF3N3O2. The Morgan fingerprint density at radius 2 is 2.21 bits per heavy atom. The van der Waals surface area contributed by atoms with Crippen LogP contribution in [0.4, 0.5) is 13.2 Å². The molecule has 5 nitrogen and oxygen atoms in total. The number of nitrogens with one attached hydrogen (secondary N) is 1. The van der Waals surface area contributed by atoms with Gasteiger partial charge in [-0.05, 0) is 23.6 Å². The van der Waals surface area contributed by atoms with E-state index < -0.39 is 24.5 Å². The molecule has 2 heterocycles. The summed E-state index contributed by atoms with van der Waals surface area (Å²) in [5.74, 6) is -1.50. The zero-order valence-corrected chi connectivity index (χ0v) is 13.1. The van der Waals surface area contributed by atoms with Crippen LogP contribution in [0.15, 0.2) is 12.3 Å². The Labute approximate surface area is 139 Å². The number of hydrogen-bond donors (Lipinski definition) is 1. The molecule has 1 aliphatic heterocycles. The monoisotopic (exact) mass is 359 g/mol. The molecule has 1 unspecified atom stereocenters. The molecule has 1 aromatic carbocycles. The molecule has 0 radical (unpaired) electrons. The molecule has 128 valence electrons. The predicted octanol–water partition coefficient (Wildman–Crippen LogP) is 2.87. The van der Waals surface area contributed by atoms with Crippen LogP contribution in [-0.2, 0) is 22.6 Å². The molecule has 1 aliphatic rings. The molecule has 3 rings (SSSR count).